The summed E-state index contributed by atoms with van der Waals surface area (Å²) in [6.45, 7) is 9.51. The molecule has 2 rings (SSSR count). The standard InChI is InChI=1S/C16H29N2O/c1-15(2)13-6-7-16(15,3)14(12-13)19-11-10-18(4,5)9-8-17/h13-14H,6-7,9-12H2,1-5H3/q+1/t13-,14+,16-/m0/s1. The Labute approximate surface area is 118 Å². The van der Waals surface area contributed by atoms with Crippen molar-refractivity contribution in [3.63, 3.8) is 0 Å². The Balaban J connectivity index is 1.88. The summed E-state index contributed by atoms with van der Waals surface area (Å²) in [4.78, 5) is 0. The van der Waals surface area contributed by atoms with Gasteiger partial charge in [-0.2, -0.15) is 5.26 Å². The number of hydrogen-bond acceptors (Lipinski definition) is 2. The molecule has 0 aromatic carbocycles. The number of rotatable bonds is 5. The minimum Gasteiger partial charge on any atom is -0.372 e. The van der Waals surface area contributed by atoms with Crippen molar-refractivity contribution in [1.82, 2.24) is 0 Å². The van der Waals surface area contributed by atoms with E-state index in [9.17, 15) is 0 Å². The first kappa shape index (κ1) is 14.8. The molecule has 2 fully saturated rings. The molecule has 0 heterocycles. The van der Waals surface area contributed by atoms with E-state index in [1.807, 2.05) is 0 Å². The normalized spacial score (nSPS) is 36.4. The van der Waals surface area contributed by atoms with Gasteiger partial charge < -0.3 is 9.22 Å². The van der Waals surface area contributed by atoms with Gasteiger partial charge >= 0.3 is 0 Å². The molecule has 0 aromatic rings. The maximum absolute atomic E-state index is 8.80. The van der Waals surface area contributed by atoms with E-state index in [0.29, 0.717) is 23.5 Å². The summed E-state index contributed by atoms with van der Waals surface area (Å²) in [5, 5.41) is 8.80. The van der Waals surface area contributed by atoms with Crippen LogP contribution in [0.25, 0.3) is 0 Å². The summed E-state index contributed by atoms with van der Waals surface area (Å²) < 4.78 is 6.96. The average molecular weight is 265 g/mol. The Morgan fingerprint density at radius 1 is 1.32 bits per heavy atom. The van der Waals surface area contributed by atoms with Crippen molar-refractivity contribution in [2.24, 2.45) is 16.7 Å². The highest BCUT2D eigenvalue weighted by molar-refractivity contribution is 5.11. The van der Waals surface area contributed by atoms with Gasteiger partial charge in [-0.1, -0.05) is 20.8 Å². The number of likely N-dealkylation sites (N-methyl/N-ethyl adjacent to an activating group) is 1. The molecule has 3 nitrogen and oxygen atoms in total. The van der Waals surface area contributed by atoms with Crippen LogP contribution >= 0.6 is 0 Å². The molecule has 3 heteroatoms. The number of quaternary nitrogens is 1. The van der Waals surface area contributed by atoms with Crippen LogP contribution in [0.1, 0.15) is 40.0 Å². The number of ether oxygens (including phenoxy) is 1. The quantitative estimate of drug-likeness (QED) is 0.565. The lowest BCUT2D eigenvalue weighted by atomic mass is 9.70. The molecule has 0 radical (unpaired) electrons. The molecule has 2 bridgehead atoms. The lowest BCUT2D eigenvalue weighted by Crippen LogP contribution is -2.44. The number of hydrogen-bond donors (Lipinski definition) is 0. The van der Waals surface area contributed by atoms with Crippen molar-refractivity contribution in [2.75, 3.05) is 33.8 Å². The van der Waals surface area contributed by atoms with E-state index < -0.39 is 0 Å². The van der Waals surface area contributed by atoms with Crippen LogP contribution in [0.3, 0.4) is 0 Å². The average Bonchev–Trinajstić information content (AvgIpc) is 2.61. The molecule has 19 heavy (non-hydrogen) atoms. The Bertz CT molecular complexity index is 383. The molecule has 0 aromatic heterocycles. The van der Waals surface area contributed by atoms with Crippen LogP contribution in [0.2, 0.25) is 0 Å². The molecular weight excluding hydrogens is 236 g/mol. The van der Waals surface area contributed by atoms with Gasteiger partial charge in [0.05, 0.1) is 26.8 Å². The lowest BCUT2D eigenvalue weighted by Gasteiger charge is -2.39. The molecule has 2 saturated carbocycles. The van der Waals surface area contributed by atoms with Crippen molar-refractivity contribution in [3.8, 4) is 6.07 Å². The number of nitriles is 1. The maximum Gasteiger partial charge on any atom is 0.166 e. The molecule has 2 aliphatic rings. The fourth-order valence-corrected chi connectivity index (χ4v) is 4.09. The van der Waals surface area contributed by atoms with Gasteiger partial charge in [0, 0.05) is 0 Å². The van der Waals surface area contributed by atoms with Gasteiger partial charge in [0.15, 0.2) is 6.54 Å². The number of nitrogens with zero attached hydrogens (tertiary/aromatic N) is 2. The fraction of sp³-hybridized carbons (Fsp3) is 0.938. The Morgan fingerprint density at radius 3 is 2.47 bits per heavy atom. The van der Waals surface area contributed by atoms with Gasteiger partial charge in [-0.05, 0) is 36.0 Å². The maximum atomic E-state index is 8.80. The van der Waals surface area contributed by atoms with E-state index in [4.69, 9.17) is 10.00 Å². The second-order valence-corrected chi connectivity index (χ2v) is 7.95. The van der Waals surface area contributed by atoms with Gasteiger partial charge in [-0.15, -0.1) is 0 Å². The molecule has 0 unspecified atom stereocenters. The van der Waals surface area contributed by atoms with Crippen LogP contribution in [-0.4, -0.2) is 44.4 Å². The van der Waals surface area contributed by atoms with Crippen LogP contribution < -0.4 is 0 Å². The SMILES string of the molecule is CC1(C)[C@H]2CC[C@@]1(C)[C@H](OCC[N+](C)(C)CC#N)C2. The molecule has 2 aliphatic carbocycles. The van der Waals surface area contributed by atoms with E-state index in [1.165, 1.54) is 19.3 Å². The topological polar surface area (TPSA) is 33.0 Å². The Kier molecular flexibility index (Phi) is 3.70. The zero-order valence-corrected chi connectivity index (χ0v) is 13.2. The summed E-state index contributed by atoms with van der Waals surface area (Å²) in [5.41, 5.74) is 0.777. The molecule has 0 saturated heterocycles. The summed E-state index contributed by atoms with van der Waals surface area (Å²) >= 11 is 0. The zero-order valence-electron chi connectivity index (χ0n) is 13.2. The molecule has 108 valence electrons. The second kappa shape index (κ2) is 4.75. The van der Waals surface area contributed by atoms with Crippen molar-refractivity contribution in [3.05, 3.63) is 0 Å². The summed E-state index contributed by atoms with van der Waals surface area (Å²) in [6.07, 6.45) is 4.34. The smallest absolute Gasteiger partial charge is 0.166 e. The first-order valence-electron chi connectivity index (χ1n) is 7.53. The molecule has 0 spiro atoms. The summed E-state index contributed by atoms with van der Waals surface area (Å²) in [5.74, 6) is 0.837. The van der Waals surface area contributed by atoms with Gasteiger partial charge in [-0.25, -0.2) is 0 Å². The second-order valence-electron chi connectivity index (χ2n) is 7.95. The van der Waals surface area contributed by atoms with Crippen molar-refractivity contribution < 1.29 is 9.22 Å². The first-order chi connectivity index (χ1) is 8.73. The van der Waals surface area contributed by atoms with Crippen LogP contribution in [0, 0.1) is 28.1 Å². The molecule has 0 amide bonds. The van der Waals surface area contributed by atoms with Crippen molar-refractivity contribution in [2.45, 2.75) is 46.1 Å². The lowest BCUT2D eigenvalue weighted by molar-refractivity contribution is -0.883. The third-order valence-corrected chi connectivity index (χ3v) is 6.23. The minimum absolute atomic E-state index is 0.351. The molecule has 0 N–H and O–H groups in total. The monoisotopic (exact) mass is 265 g/mol. The van der Waals surface area contributed by atoms with Crippen molar-refractivity contribution >= 4 is 0 Å². The first-order valence-corrected chi connectivity index (χ1v) is 7.53. The highest BCUT2D eigenvalue weighted by atomic mass is 16.5. The Morgan fingerprint density at radius 2 is 2.00 bits per heavy atom. The van der Waals surface area contributed by atoms with Crippen LogP contribution in [-0.2, 0) is 4.74 Å². The molecule has 3 atom stereocenters. The van der Waals surface area contributed by atoms with E-state index in [2.05, 4.69) is 40.9 Å². The van der Waals surface area contributed by atoms with Crippen molar-refractivity contribution in [1.29, 1.82) is 5.26 Å². The highest BCUT2D eigenvalue weighted by Crippen LogP contribution is 2.66. The highest BCUT2D eigenvalue weighted by Gasteiger charge is 2.61. The van der Waals surface area contributed by atoms with Gasteiger partial charge in [0.25, 0.3) is 0 Å². The largest absolute Gasteiger partial charge is 0.372 e. The molecular formula is C16H29N2O+. The van der Waals surface area contributed by atoms with E-state index in [-0.39, 0.29) is 0 Å². The predicted octanol–water partition coefficient (Wildman–Crippen LogP) is 2.82. The van der Waals surface area contributed by atoms with E-state index in [0.717, 1.165) is 23.6 Å². The van der Waals surface area contributed by atoms with Gasteiger partial charge in [0.1, 0.15) is 12.6 Å². The van der Waals surface area contributed by atoms with Gasteiger partial charge in [0.2, 0.25) is 0 Å². The predicted molar refractivity (Wildman–Crippen MR) is 76.4 cm³/mol. The third kappa shape index (κ3) is 2.41. The summed E-state index contributed by atoms with van der Waals surface area (Å²) in [6, 6.07) is 2.25. The summed E-state index contributed by atoms with van der Waals surface area (Å²) in [7, 11) is 4.19. The fourth-order valence-electron chi connectivity index (χ4n) is 4.09. The zero-order chi connectivity index (χ0) is 14.3. The Hall–Kier alpha value is -0.590. The van der Waals surface area contributed by atoms with Gasteiger partial charge in [-0.3, -0.25) is 0 Å². The van der Waals surface area contributed by atoms with Crippen LogP contribution in [0.5, 0.6) is 0 Å². The minimum atomic E-state index is 0.351. The van der Waals surface area contributed by atoms with E-state index >= 15 is 0 Å². The van der Waals surface area contributed by atoms with Crippen LogP contribution in [0.15, 0.2) is 0 Å². The van der Waals surface area contributed by atoms with E-state index in [1.54, 1.807) is 0 Å². The molecule has 0 aliphatic heterocycles. The van der Waals surface area contributed by atoms with Crippen LogP contribution in [0.4, 0.5) is 0 Å². The third-order valence-electron chi connectivity index (χ3n) is 6.23. The number of fused-ring (bicyclic) bond motifs is 2.